The summed E-state index contributed by atoms with van der Waals surface area (Å²) in [5.41, 5.74) is -4.32. The van der Waals surface area contributed by atoms with Gasteiger partial charge in [0.25, 0.3) is 5.56 Å². The Balaban J connectivity index is 2.47. The molecule has 10 nitrogen and oxygen atoms in total. The number of aliphatic hydroxyl groups is 2. The van der Waals surface area contributed by atoms with E-state index in [0.29, 0.717) is 4.57 Å². The molecule has 0 bridgehead atoms. The van der Waals surface area contributed by atoms with E-state index >= 15 is 0 Å². The molecule has 4 atom stereocenters. The molecule has 0 aromatic carbocycles. The van der Waals surface area contributed by atoms with Gasteiger partial charge in [0, 0.05) is 15.0 Å². The molecule has 2 heterocycles. The highest BCUT2D eigenvalue weighted by Gasteiger charge is 2.53. The van der Waals surface area contributed by atoms with Gasteiger partial charge in [-0.05, 0) is 13.3 Å². The van der Waals surface area contributed by atoms with Gasteiger partial charge in [-0.1, -0.05) is 0 Å². The fourth-order valence-electron chi connectivity index (χ4n) is 2.08. The summed E-state index contributed by atoms with van der Waals surface area (Å²) in [6.45, 7) is 1.02. The van der Waals surface area contributed by atoms with Gasteiger partial charge in [-0.25, -0.2) is 4.79 Å². The number of aliphatic hydroxyl groups excluding tert-OH is 1. The zero-order valence-electron chi connectivity index (χ0n) is 14.3. The van der Waals surface area contributed by atoms with Gasteiger partial charge in [0.15, 0.2) is 6.23 Å². The Hall–Kier alpha value is -1.29. The summed E-state index contributed by atoms with van der Waals surface area (Å²) in [5, 5.41) is 20.6. The molecule has 1 fully saturated rings. The fourth-order valence-corrected chi connectivity index (χ4v) is 2.50. The lowest BCUT2D eigenvalue weighted by atomic mass is 9.95. The quantitative estimate of drug-likeness (QED) is 0.398. The number of ether oxygens (including phenoxy) is 1. The van der Waals surface area contributed by atoms with Gasteiger partial charge in [-0.3, -0.25) is 18.9 Å². The summed E-state index contributed by atoms with van der Waals surface area (Å²) >= 11 is 0. The molecule has 0 aliphatic carbocycles. The Kier molecular flexibility index (Phi) is 3.43. The molecular formula is C11H17N2O8P. The van der Waals surface area contributed by atoms with Crippen LogP contribution in [-0.4, -0.2) is 53.5 Å². The monoisotopic (exact) mass is 339 g/mol. The smallest absolute Gasteiger partial charge is 0.330 e. The first-order chi connectivity index (χ1) is 11.2. The van der Waals surface area contributed by atoms with Gasteiger partial charge < -0.3 is 24.7 Å². The molecule has 1 aromatic heterocycles. The van der Waals surface area contributed by atoms with Gasteiger partial charge >= 0.3 is 13.3 Å². The Labute approximate surface area is 128 Å². The van der Waals surface area contributed by atoms with Crippen molar-refractivity contribution in [1.82, 2.24) is 9.55 Å². The Morgan fingerprint density at radius 3 is 2.82 bits per heavy atom. The van der Waals surface area contributed by atoms with Gasteiger partial charge in [-0.15, -0.1) is 0 Å². The zero-order valence-corrected chi connectivity index (χ0v) is 12.2. The lowest BCUT2D eigenvalue weighted by Gasteiger charge is -2.27. The third-order valence-electron chi connectivity index (χ3n) is 3.20. The molecule has 22 heavy (non-hydrogen) atoms. The molecule has 1 saturated heterocycles. The molecule has 1 aliphatic rings. The van der Waals surface area contributed by atoms with E-state index < -0.39 is 61.5 Å². The highest BCUT2D eigenvalue weighted by atomic mass is 31.2. The molecule has 11 heteroatoms. The molecule has 0 spiro atoms. The predicted molar refractivity (Wildman–Crippen MR) is 73.4 cm³/mol. The van der Waals surface area contributed by atoms with E-state index in [1.54, 1.807) is 4.98 Å². The summed E-state index contributed by atoms with van der Waals surface area (Å²) in [4.78, 5) is 42.9. The summed E-state index contributed by atoms with van der Waals surface area (Å²) < 4.78 is 39.8. The summed E-state index contributed by atoms with van der Waals surface area (Å²) in [6, 6.07) is -0.643. The second-order valence-corrected chi connectivity index (χ2v) is 6.69. The van der Waals surface area contributed by atoms with E-state index in [9.17, 15) is 24.4 Å². The Bertz CT molecular complexity index is 831. The number of H-pyrrole nitrogens is 1. The van der Waals surface area contributed by atoms with Crippen molar-refractivity contribution in [3.05, 3.63) is 33.1 Å². The van der Waals surface area contributed by atoms with Crippen LogP contribution in [0.1, 0.15) is 23.6 Å². The van der Waals surface area contributed by atoms with Crippen molar-refractivity contribution in [2.45, 2.75) is 37.3 Å². The van der Waals surface area contributed by atoms with Crippen molar-refractivity contribution in [1.29, 1.82) is 0 Å². The van der Waals surface area contributed by atoms with Crippen LogP contribution in [0.15, 0.2) is 21.8 Å². The minimum atomic E-state index is -4.82. The van der Waals surface area contributed by atoms with Crippen molar-refractivity contribution < 1.29 is 33.4 Å². The van der Waals surface area contributed by atoms with E-state index in [2.05, 4.69) is 0 Å². The first kappa shape index (κ1) is 13.2. The van der Waals surface area contributed by atoms with Gasteiger partial charge in [0.2, 0.25) is 0 Å². The molecule has 0 unspecified atom stereocenters. The largest absolute Gasteiger partial charge is 0.387 e. The molecule has 1 aromatic rings. The highest BCUT2D eigenvalue weighted by molar-refractivity contribution is 7.51. The third kappa shape index (κ3) is 3.37. The van der Waals surface area contributed by atoms with Crippen LogP contribution in [0.3, 0.4) is 0 Å². The van der Waals surface area contributed by atoms with Crippen LogP contribution in [0.5, 0.6) is 0 Å². The Morgan fingerprint density at radius 2 is 2.23 bits per heavy atom. The maximum absolute atomic E-state index is 11.9. The van der Waals surface area contributed by atoms with Gasteiger partial charge in [0.05, 0.1) is 13.6 Å². The molecule has 124 valence electrons. The van der Waals surface area contributed by atoms with Crippen LogP contribution in [0.2, 0.25) is 0 Å². The number of aromatic amines is 1. The van der Waals surface area contributed by atoms with E-state index in [4.69, 9.17) is 18.6 Å². The van der Waals surface area contributed by atoms with Crippen molar-refractivity contribution in [3.8, 4) is 0 Å². The molecular weight excluding hydrogens is 319 g/mol. The second-order valence-electron chi connectivity index (χ2n) is 5.05. The minimum absolute atomic E-state index is 0.598. The van der Waals surface area contributed by atoms with E-state index in [1.807, 2.05) is 0 Å². The van der Waals surface area contributed by atoms with Crippen molar-refractivity contribution >= 4 is 7.60 Å². The zero-order chi connectivity index (χ0) is 19.4. The summed E-state index contributed by atoms with van der Waals surface area (Å²) in [7, 11) is -4.82. The van der Waals surface area contributed by atoms with Crippen molar-refractivity contribution in [3.63, 3.8) is 0 Å². The first-order valence-corrected chi connectivity index (χ1v) is 7.89. The summed E-state index contributed by atoms with van der Waals surface area (Å²) in [6.07, 6.45) is -8.82. The van der Waals surface area contributed by atoms with E-state index in [1.165, 1.54) is 0 Å². The van der Waals surface area contributed by atoms with Crippen LogP contribution in [0, 0.1) is 0 Å². The SMILES string of the molecule is [2H]c1cn([C@@H]2O[C@H](C([2H])([2H])CP(=O)(O)O)[C@@H](O)[C@@]2(C)O)c(=O)[nH]c1=O. The van der Waals surface area contributed by atoms with Crippen LogP contribution in [0.4, 0.5) is 0 Å². The number of rotatable bonds is 4. The molecule has 0 saturated carbocycles. The molecule has 1 aliphatic heterocycles. The average molecular weight is 339 g/mol. The van der Waals surface area contributed by atoms with Gasteiger partial charge in [-0.2, -0.15) is 0 Å². The number of nitrogens with zero attached hydrogens (tertiary/aromatic N) is 1. The standard InChI is InChI=1S/C11H17N2O8P/c1-11(17)8(15)6(3-5-22(18,19)20)21-9(11)13-4-2-7(14)12-10(13)16/h2,4,6,8-9,15,17H,3,5H2,1H3,(H,12,14,16)(H2,18,19,20)/t6-,8-,9-,11-/m1/s1/i2D,3D2. The van der Waals surface area contributed by atoms with Crippen molar-refractivity contribution in [2.75, 3.05) is 6.16 Å². The normalized spacial score (nSPS) is 35.0. The molecule has 0 radical (unpaired) electrons. The number of hydrogen-bond acceptors (Lipinski definition) is 6. The molecule has 5 N–H and O–H groups in total. The lowest BCUT2D eigenvalue weighted by molar-refractivity contribution is -0.0975. The third-order valence-corrected chi connectivity index (χ3v) is 3.80. The lowest BCUT2D eigenvalue weighted by Crippen LogP contribution is -2.46. The average Bonchev–Trinajstić information content (AvgIpc) is 2.63. The number of aromatic nitrogens is 2. The maximum Gasteiger partial charge on any atom is 0.330 e. The number of nitrogens with one attached hydrogen (secondary N) is 1. The Morgan fingerprint density at radius 1 is 1.59 bits per heavy atom. The maximum atomic E-state index is 11.9. The fraction of sp³-hybridized carbons (Fsp3) is 0.636. The summed E-state index contributed by atoms with van der Waals surface area (Å²) in [5.74, 6) is 0. The van der Waals surface area contributed by atoms with Gasteiger partial charge in [0.1, 0.15) is 11.7 Å². The minimum Gasteiger partial charge on any atom is -0.387 e. The first-order valence-electron chi connectivity index (χ1n) is 7.59. The topological polar surface area (TPSA) is 162 Å². The van der Waals surface area contributed by atoms with Crippen LogP contribution >= 0.6 is 7.60 Å². The second kappa shape index (κ2) is 5.73. The van der Waals surface area contributed by atoms with E-state index in [-0.39, 0.29) is 0 Å². The van der Waals surface area contributed by atoms with Crippen molar-refractivity contribution in [2.24, 2.45) is 0 Å². The number of hydrogen-bond donors (Lipinski definition) is 5. The molecule has 0 amide bonds. The highest BCUT2D eigenvalue weighted by Crippen LogP contribution is 2.42. The van der Waals surface area contributed by atoms with Crippen LogP contribution in [-0.2, 0) is 9.30 Å². The van der Waals surface area contributed by atoms with Crippen LogP contribution < -0.4 is 11.2 Å². The molecule has 2 rings (SSSR count). The van der Waals surface area contributed by atoms with Crippen LogP contribution in [0.25, 0.3) is 0 Å². The predicted octanol–water partition coefficient (Wildman–Crippen LogP) is -1.89. The van der Waals surface area contributed by atoms with E-state index in [0.717, 1.165) is 13.1 Å².